The molecular formula is C16H23NO4. The van der Waals surface area contributed by atoms with Crippen molar-refractivity contribution in [2.24, 2.45) is 5.92 Å². The van der Waals surface area contributed by atoms with Gasteiger partial charge < -0.3 is 14.9 Å². The number of hydrogen-bond acceptors (Lipinski definition) is 4. The summed E-state index contributed by atoms with van der Waals surface area (Å²) in [7, 11) is 1.46. The average Bonchev–Trinajstić information content (AvgIpc) is 2.45. The molecule has 2 N–H and O–H groups in total. The smallest absolute Gasteiger partial charge is 0.333 e. The van der Waals surface area contributed by atoms with Crippen LogP contribution in [0.4, 0.5) is 0 Å². The van der Waals surface area contributed by atoms with Gasteiger partial charge in [0.2, 0.25) is 0 Å². The van der Waals surface area contributed by atoms with E-state index in [0.717, 1.165) is 43.6 Å². The first-order valence-electron chi connectivity index (χ1n) is 7.27. The van der Waals surface area contributed by atoms with Crippen LogP contribution >= 0.6 is 0 Å². The molecule has 0 amide bonds. The van der Waals surface area contributed by atoms with E-state index in [1.165, 1.54) is 7.11 Å². The fraction of sp³-hybridized carbons (Fsp3) is 0.562. The Kier molecular flexibility index (Phi) is 5.20. The highest BCUT2D eigenvalue weighted by atomic mass is 16.5. The van der Waals surface area contributed by atoms with Crippen molar-refractivity contribution in [3.8, 4) is 5.75 Å². The summed E-state index contributed by atoms with van der Waals surface area (Å²) in [6.07, 6.45) is 0.946. The van der Waals surface area contributed by atoms with Crippen molar-refractivity contribution in [2.45, 2.75) is 32.4 Å². The van der Waals surface area contributed by atoms with Gasteiger partial charge in [0.15, 0.2) is 6.10 Å². The molecule has 21 heavy (non-hydrogen) atoms. The number of rotatable bonds is 5. The average molecular weight is 293 g/mol. The maximum Gasteiger partial charge on any atom is 0.333 e. The van der Waals surface area contributed by atoms with Crippen molar-refractivity contribution in [3.63, 3.8) is 0 Å². The molecule has 0 saturated carbocycles. The van der Waals surface area contributed by atoms with Crippen LogP contribution in [0.1, 0.15) is 24.0 Å². The molecule has 1 aromatic rings. The lowest BCUT2D eigenvalue weighted by atomic mass is 9.91. The number of carbonyl (C=O) groups is 1. The third-order valence-electron chi connectivity index (χ3n) is 4.24. The maximum atomic E-state index is 11.1. The van der Waals surface area contributed by atoms with Crippen molar-refractivity contribution in [3.05, 3.63) is 29.3 Å². The number of phenolic OH excluding ortho intramolecular Hbond substituents is 1. The lowest BCUT2D eigenvalue weighted by Gasteiger charge is -2.34. The largest absolute Gasteiger partial charge is 0.508 e. The van der Waals surface area contributed by atoms with Crippen LogP contribution in [0, 0.1) is 12.8 Å². The fourth-order valence-corrected chi connectivity index (χ4v) is 2.92. The first kappa shape index (κ1) is 15.8. The second-order valence-electron chi connectivity index (χ2n) is 5.73. The zero-order valence-electron chi connectivity index (χ0n) is 12.6. The number of aromatic hydroxyl groups is 1. The number of piperidine rings is 1. The Hall–Kier alpha value is -1.59. The van der Waals surface area contributed by atoms with Crippen LogP contribution in [0.2, 0.25) is 0 Å². The Bertz CT molecular complexity index is 495. The van der Waals surface area contributed by atoms with Crippen LogP contribution in [-0.2, 0) is 16.1 Å². The van der Waals surface area contributed by atoms with Gasteiger partial charge in [-0.1, -0.05) is 12.1 Å². The number of hydrogen-bond donors (Lipinski definition) is 2. The van der Waals surface area contributed by atoms with Crippen LogP contribution in [0.3, 0.4) is 0 Å². The first-order valence-corrected chi connectivity index (χ1v) is 7.27. The molecule has 2 rings (SSSR count). The summed E-state index contributed by atoms with van der Waals surface area (Å²) < 4.78 is 5.08. The highest BCUT2D eigenvalue weighted by Crippen LogP contribution is 2.25. The zero-order chi connectivity index (χ0) is 15.4. The summed E-state index contributed by atoms with van der Waals surface area (Å²) in [5.74, 6) is -0.470. The predicted octanol–water partition coefficient (Wildman–Crippen LogP) is 2.01. The van der Waals surface area contributed by atoms with Crippen molar-refractivity contribution < 1.29 is 19.7 Å². The van der Waals surface area contributed by atoms with Gasteiger partial charge in [0.25, 0.3) is 0 Å². The molecule has 0 radical (unpaired) electrons. The number of aryl methyl sites for hydroxylation is 1. The minimum Gasteiger partial charge on any atom is -0.508 e. The van der Waals surface area contributed by atoms with E-state index in [4.69, 9.17) is 9.84 Å². The molecule has 1 fully saturated rings. The molecule has 1 saturated heterocycles. The van der Waals surface area contributed by atoms with Crippen LogP contribution in [-0.4, -0.2) is 47.4 Å². The molecular weight excluding hydrogens is 270 g/mol. The van der Waals surface area contributed by atoms with E-state index in [0.29, 0.717) is 5.75 Å². The number of phenols is 1. The molecule has 5 heteroatoms. The van der Waals surface area contributed by atoms with Gasteiger partial charge in [0.05, 0.1) is 0 Å². The van der Waals surface area contributed by atoms with Gasteiger partial charge in [-0.2, -0.15) is 0 Å². The van der Waals surface area contributed by atoms with Gasteiger partial charge >= 0.3 is 5.97 Å². The second-order valence-corrected chi connectivity index (χ2v) is 5.73. The van der Waals surface area contributed by atoms with E-state index < -0.39 is 12.1 Å². The van der Waals surface area contributed by atoms with Gasteiger partial charge in [-0.15, -0.1) is 0 Å². The molecule has 1 aliphatic heterocycles. The van der Waals surface area contributed by atoms with Crippen molar-refractivity contribution in [1.82, 2.24) is 4.90 Å². The second kappa shape index (κ2) is 6.91. The molecule has 0 bridgehead atoms. The van der Waals surface area contributed by atoms with Gasteiger partial charge in [0, 0.05) is 13.7 Å². The lowest BCUT2D eigenvalue weighted by Crippen LogP contribution is -2.41. The molecule has 1 aliphatic rings. The van der Waals surface area contributed by atoms with Gasteiger partial charge in [-0.25, -0.2) is 4.79 Å². The number of nitrogens with zero attached hydrogens (tertiary/aromatic N) is 1. The molecule has 0 spiro atoms. The number of carboxylic acids is 1. The molecule has 5 nitrogen and oxygen atoms in total. The minimum absolute atomic E-state index is 0.0789. The van der Waals surface area contributed by atoms with Gasteiger partial charge in [0.1, 0.15) is 5.75 Å². The van der Waals surface area contributed by atoms with E-state index >= 15 is 0 Å². The maximum absolute atomic E-state index is 11.1. The van der Waals surface area contributed by atoms with E-state index in [1.54, 1.807) is 6.07 Å². The summed E-state index contributed by atoms with van der Waals surface area (Å²) in [5, 5.41) is 18.9. The molecule has 1 atom stereocenters. The van der Waals surface area contributed by atoms with Crippen molar-refractivity contribution >= 4 is 5.97 Å². The highest BCUT2D eigenvalue weighted by Gasteiger charge is 2.31. The molecule has 1 aromatic carbocycles. The monoisotopic (exact) mass is 293 g/mol. The van der Waals surface area contributed by atoms with Gasteiger partial charge in [-0.05, 0) is 56.0 Å². The Morgan fingerprint density at radius 2 is 2.10 bits per heavy atom. The van der Waals surface area contributed by atoms with Crippen LogP contribution in [0.5, 0.6) is 5.75 Å². The summed E-state index contributed by atoms with van der Waals surface area (Å²) in [6.45, 7) is 4.37. The minimum atomic E-state index is -0.876. The molecule has 0 aliphatic carbocycles. The van der Waals surface area contributed by atoms with E-state index in [-0.39, 0.29) is 5.92 Å². The molecule has 116 valence electrons. The van der Waals surface area contributed by atoms with Crippen LogP contribution < -0.4 is 0 Å². The standard InChI is InChI=1S/C16H23NO4/c1-11-3-4-12(9-14(11)18)10-17-7-5-13(6-8-17)15(21-2)16(19)20/h3-4,9,13,15,18H,5-8,10H2,1-2H3,(H,19,20). The number of benzene rings is 1. The summed E-state index contributed by atoms with van der Waals surface area (Å²) in [5.41, 5.74) is 1.96. The fourth-order valence-electron chi connectivity index (χ4n) is 2.92. The molecule has 0 aromatic heterocycles. The van der Waals surface area contributed by atoms with Gasteiger partial charge in [-0.3, -0.25) is 4.90 Å². The number of ether oxygens (including phenoxy) is 1. The van der Waals surface area contributed by atoms with Crippen LogP contribution in [0.15, 0.2) is 18.2 Å². The first-order chi connectivity index (χ1) is 10.0. The zero-order valence-corrected chi connectivity index (χ0v) is 12.6. The van der Waals surface area contributed by atoms with E-state index in [1.807, 2.05) is 19.1 Å². The van der Waals surface area contributed by atoms with E-state index in [9.17, 15) is 9.90 Å². The topological polar surface area (TPSA) is 70.0 Å². The SMILES string of the molecule is COC(C(=O)O)C1CCN(Cc2ccc(C)c(O)c2)CC1. The Labute approximate surface area is 125 Å². The third kappa shape index (κ3) is 3.95. The summed E-state index contributed by atoms with van der Waals surface area (Å²) in [4.78, 5) is 13.4. The van der Waals surface area contributed by atoms with Crippen LogP contribution in [0.25, 0.3) is 0 Å². The van der Waals surface area contributed by atoms with E-state index in [2.05, 4.69) is 4.90 Å². The number of likely N-dealkylation sites (tertiary alicyclic amines) is 1. The van der Waals surface area contributed by atoms with Crippen molar-refractivity contribution in [1.29, 1.82) is 0 Å². The summed E-state index contributed by atoms with van der Waals surface area (Å²) >= 11 is 0. The van der Waals surface area contributed by atoms with Crippen molar-refractivity contribution in [2.75, 3.05) is 20.2 Å². The molecule has 1 unspecified atom stereocenters. The number of aliphatic carboxylic acids is 1. The molecule has 1 heterocycles. The highest BCUT2D eigenvalue weighted by molar-refractivity contribution is 5.72. The Morgan fingerprint density at radius 1 is 1.43 bits per heavy atom. The predicted molar refractivity (Wildman–Crippen MR) is 79.3 cm³/mol. The number of methoxy groups -OCH3 is 1. The third-order valence-corrected chi connectivity index (χ3v) is 4.24. The Balaban J connectivity index is 1.89. The lowest BCUT2D eigenvalue weighted by molar-refractivity contribution is -0.153. The normalized spacial score (nSPS) is 18.6. The Morgan fingerprint density at radius 3 is 2.62 bits per heavy atom. The number of carboxylic acid groups (broad SMARTS) is 1. The summed E-state index contributed by atoms with van der Waals surface area (Å²) in [6, 6.07) is 5.75. The quantitative estimate of drug-likeness (QED) is 0.869.